The number of rotatable bonds is 4. The average Bonchev–Trinajstić information content (AvgIpc) is 3.11. The van der Waals surface area contributed by atoms with Gasteiger partial charge in [-0.15, -0.1) is 0 Å². The van der Waals surface area contributed by atoms with Gasteiger partial charge in [0.1, 0.15) is 5.82 Å². The van der Waals surface area contributed by atoms with Crippen molar-refractivity contribution in [3.05, 3.63) is 18.2 Å². The summed E-state index contributed by atoms with van der Waals surface area (Å²) < 4.78 is 7.68. The summed E-state index contributed by atoms with van der Waals surface area (Å²) in [6, 6.07) is 0.291. The maximum atomic E-state index is 12.9. The first-order valence-corrected chi connectivity index (χ1v) is 9.21. The number of carbonyl (C=O) groups is 1. The fraction of sp³-hybridized carbons (Fsp3) is 0.778. The van der Waals surface area contributed by atoms with Crippen LogP contribution in [0.25, 0.3) is 0 Å². The van der Waals surface area contributed by atoms with Gasteiger partial charge in [0, 0.05) is 44.5 Å². The molecule has 0 bridgehead atoms. The molecular formula is C18H30N4O2. The van der Waals surface area contributed by atoms with E-state index >= 15 is 0 Å². The monoisotopic (exact) mass is 334 g/mol. The molecule has 2 saturated heterocycles. The number of imidazole rings is 1. The van der Waals surface area contributed by atoms with Crippen LogP contribution in [0.2, 0.25) is 0 Å². The molecule has 24 heavy (non-hydrogen) atoms. The SMILES string of the molecule is CC(C)c1nccn1[C@H]1CCCN(C(=O)[C@@H](C)N2CCOCC2)C1. The second-order valence-corrected chi connectivity index (χ2v) is 7.25. The lowest BCUT2D eigenvalue weighted by Gasteiger charge is -2.39. The Morgan fingerprint density at radius 3 is 2.71 bits per heavy atom. The predicted molar refractivity (Wildman–Crippen MR) is 93.0 cm³/mol. The van der Waals surface area contributed by atoms with Gasteiger partial charge in [-0.3, -0.25) is 9.69 Å². The summed E-state index contributed by atoms with van der Waals surface area (Å²) in [6.45, 7) is 11.2. The quantitative estimate of drug-likeness (QED) is 0.844. The van der Waals surface area contributed by atoms with Crippen LogP contribution in [-0.4, -0.2) is 70.7 Å². The van der Waals surface area contributed by atoms with Crippen LogP contribution in [0.3, 0.4) is 0 Å². The first-order valence-electron chi connectivity index (χ1n) is 9.21. The summed E-state index contributed by atoms with van der Waals surface area (Å²) in [5.41, 5.74) is 0. The molecule has 0 radical (unpaired) electrons. The highest BCUT2D eigenvalue weighted by Gasteiger charge is 2.31. The Bertz CT molecular complexity index is 551. The summed E-state index contributed by atoms with van der Waals surface area (Å²) in [5, 5.41) is 0. The van der Waals surface area contributed by atoms with Gasteiger partial charge in [-0.05, 0) is 19.8 Å². The van der Waals surface area contributed by atoms with Crippen molar-refractivity contribution in [3.63, 3.8) is 0 Å². The van der Waals surface area contributed by atoms with Gasteiger partial charge < -0.3 is 14.2 Å². The smallest absolute Gasteiger partial charge is 0.239 e. The van der Waals surface area contributed by atoms with Crippen molar-refractivity contribution in [1.29, 1.82) is 0 Å². The molecule has 0 spiro atoms. The van der Waals surface area contributed by atoms with Gasteiger partial charge in [0.2, 0.25) is 5.91 Å². The van der Waals surface area contributed by atoms with E-state index in [1.54, 1.807) is 0 Å². The number of morpholine rings is 1. The summed E-state index contributed by atoms with van der Waals surface area (Å²) >= 11 is 0. The second-order valence-electron chi connectivity index (χ2n) is 7.25. The number of piperidine rings is 1. The van der Waals surface area contributed by atoms with E-state index in [-0.39, 0.29) is 11.9 Å². The molecule has 0 aromatic carbocycles. The van der Waals surface area contributed by atoms with E-state index in [1.165, 1.54) is 0 Å². The van der Waals surface area contributed by atoms with E-state index in [4.69, 9.17) is 4.74 Å². The Labute approximate surface area is 144 Å². The third kappa shape index (κ3) is 3.64. The van der Waals surface area contributed by atoms with Crippen LogP contribution in [0.5, 0.6) is 0 Å². The summed E-state index contributed by atoms with van der Waals surface area (Å²) in [5.74, 6) is 1.78. The molecule has 0 N–H and O–H groups in total. The van der Waals surface area contributed by atoms with E-state index in [2.05, 4.69) is 39.4 Å². The molecule has 1 aromatic rings. The molecule has 0 unspecified atom stereocenters. The minimum Gasteiger partial charge on any atom is -0.379 e. The van der Waals surface area contributed by atoms with Gasteiger partial charge in [-0.2, -0.15) is 0 Å². The van der Waals surface area contributed by atoms with Crippen LogP contribution in [0.1, 0.15) is 51.4 Å². The number of hydrogen-bond donors (Lipinski definition) is 0. The number of ether oxygens (including phenoxy) is 1. The number of aromatic nitrogens is 2. The van der Waals surface area contributed by atoms with E-state index < -0.39 is 0 Å². The number of carbonyl (C=O) groups excluding carboxylic acids is 1. The second kappa shape index (κ2) is 7.66. The molecule has 1 amide bonds. The van der Waals surface area contributed by atoms with Crippen LogP contribution in [0.15, 0.2) is 12.4 Å². The number of likely N-dealkylation sites (tertiary alicyclic amines) is 1. The van der Waals surface area contributed by atoms with Gasteiger partial charge in [0.25, 0.3) is 0 Å². The highest BCUT2D eigenvalue weighted by atomic mass is 16.5. The molecule has 0 saturated carbocycles. The molecule has 2 fully saturated rings. The molecule has 0 aliphatic carbocycles. The minimum absolute atomic E-state index is 0.0555. The topological polar surface area (TPSA) is 50.6 Å². The largest absolute Gasteiger partial charge is 0.379 e. The van der Waals surface area contributed by atoms with Crippen molar-refractivity contribution < 1.29 is 9.53 Å². The van der Waals surface area contributed by atoms with Crippen LogP contribution in [-0.2, 0) is 9.53 Å². The molecule has 2 aliphatic rings. The van der Waals surface area contributed by atoms with Crippen LogP contribution in [0, 0.1) is 0 Å². The van der Waals surface area contributed by atoms with Crippen molar-refractivity contribution in [2.75, 3.05) is 39.4 Å². The fourth-order valence-corrected chi connectivity index (χ4v) is 3.85. The van der Waals surface area contributed by atoms with Gasteiger partial charge >= 0.3 is 0 Å². The average molecular weight is 334 g/mol. The molecule has 6 nitrogen and oxygen atoms in total. The van der Waals surface area contributed by atoms with Crippen molar-refractivity contribution in [2.45, 2.75) is 51.6 Å². The Morgan fingerprint density at radius 1 is 1.25 bits per heavy atom. The zero-order valence-electron chi connectivity index (χ0n) is 15.1. The molecule has 6 heteroatoms. The third-order valence-electron chi connectivity index (χ3n) is 5.27. The zero-order chi connectivity index (χ0) is 17.1. The third-order valence-corrected chi connectivity index (χ3v) is 5.27. The Kier molecular flexibility index (Phi) is 5.56. The highest BCUT2D eigenvalue weighted by molar-refractivity contribution is 5.81. The molecule has 2 atom stereocenters. The standard InChI is InChI=1S/C18H30N4O2/c1-14(2)17-19-6-8-22(17)16-5-4-7-21(13-16)18(23)15(3)20-9-11-24-12-10-20/h6,8,14-16H,4-5,7,9-13H2,1-3H3/t15-,16+/m1/s1. The first kappa shape index (κ1) is 17.4. The number of amides is 1. The lowest BCUT2D eigenvalue weighted by atomic mass is 10.0. The molecule has 1 aromatic heterocycles. The molecule has 2 aliphatic heterocycles. The van der Waals surface area contributed by atoms with Crippen LogP contribution < -0.4 is 0 Å². The zero-order valence-corrected chi connectivity index (χ0v) is 15.1. The predicted octanol–water partition coefficient (Wildman–Crippen LogP) is 1.89. The van der Waals surface area contributed by atoms with E-state index in [9.17, 15) is 4.79 Å². The number of nitrogens with zero attached hydrogens (tertiary/aromatic N) is 4. The molecule has 134 valence electrons. The van der Waals surface area contributed by atoms with Gasteiger partial charge in [-0.1, -0.05) is 13.8 Å². The van der Waals surface area contributed by atoms with Crippen molar-refractivity contribution in [2.24, 2.45) is 0 Å². The van der Waals surface area contributed by atoms with E-state index in [0.717, 1.165) is 58.1 Å². The van der Waals surface area contributed by atoms with Crippen molar-refractivity contribution in [1.82, 2.24) is 19.4 Å². The Hall–Kier alpha value is -1.40. The van der Waals surface area contributed by atoms with E-state index in [1.807, 2.05) is 13.1 Å². The van der Waals surface area contributed by atoms with Gasteiger partial charge in [0.15, 0.2) is 0 Å². The lowest BCUT2D eigenvalue weighted by molar-refractivity contribution is -0.139. The van der Waals surface area contributed by atoms with Crippen LogP contribution >= 0.6 is 0 Å². The van der Waals surface area contributed by atoms with Crippen molar-refractivity contribution in [3.8, 4) is 0 Å². The maximum absolute atomic E-state index is 12.9. The minimum atomic E-state index is -0.0555. The summed E-state index contributed by atoms with van der Waals surface area (Å²) in [7, 11) is 0. The Morgan fingerprint density at radius 2 is 2.00 bits per heavy atom. The van der Waals surface area contributed by atoms with Gasteiger partial charge in [0.05, 0.1) is 25.3 Å². The van der Waals surface area contributed by atoms with E-state index in [0.29, 0.717) is 12.0 Å². The lowest BCUT2D eigenvalue weighted by Crippen LogP contribution is -2.53. The molecule has 3 heterocycles. The van der Waals surface area contributed by atoms with Crippen molar-refractivity contribution >= 4 is 5.91 Å². The van der Waals surface area contributed by atoms with Crippen LogP contribution in [0.4, 0.5) is 0 Å². The molecular weight excluding hydrogens is 304 g/mol. The molecule has 3 rings (SSSR count). The first-order chi connectivity index (χ1) is 11.6. The normalized spacial score (nSPS) is 24.3. The summed E-state index contributed by atoms with van der Waals surface area (Å²) in [4.78, 5) is 21.8. The fourth-order valence-electron chi connectivity index (χ4n) is 3.85. The number of hydrogen-bond acceptors (Lipinski definition) is 4. The summed E-state index contributed by atoms with van der Waals surface area (Å²) in [6.07, 6.45) is 6.12. The van der Waals surface area contributed by atoms with Gasteiger partial charge in [-0.25, -0.2) is 4.98 Å². The highest BCUT2D eigenvalue weighted by Crippen LogP contribution is 2.26. The maximum Gasteiger partial charge on any atom is 0.239 e. The Balaban J connectivity index is 1.66.